The van der Waals surface area contributed by atoms with Crippen LogP contribution >= 0.6 is 0 Å². The number of H-pyrrole nitrogens is 2. The molecule has 8 heteroatoms. The lowest BCUT2D eigenvalue weighted by atomic mass is 10.1. The fourth-order valence-corrected chi connectivity index (χ4v) is 3.36. The maximum absolute atomic E-state index is 12.8. The van der Waals surface area contributed by atoms with Gasteiger partial charge in [-0.15, -0.1) is 0 Å². The Labute approximate surface area is 153 Å². The van der Waals surface area contributed by atoms with Crippen molar-refractivity contribution >= 4 is 22.6 Å². The number of nitrogens with one attached hydrogen (secondary N) is 2. The van der Waals surface area contributed by atoms with Crippen molar-refractivity contribution < 1.29 is 22.9 Å². The summed E-state index contributed by atoms with van der Waals surface area (Å²) < 4.78 is 38.0. The number of piperazine rings is 1. The fraction of sp³-hybridized carbons (Fsp3) is 0.263. The minimum atomic E-state index is -4.36. The molecule has 1 aliphatic rings. The lowest BCUT2D eigenvalue weighted by molar-refractivity contribution is -0.367. The number of aromatic nitrogens is 2. The van der Waals surface area contributed by atoms with Crippen molar-refractivity contribution in [1.29, 1.82) is 0 Å². The highest BCUT2D eigenvalue weighted by Gasteiger charge is 2.33. The van der Waals surface area contributed by atoms with Gasteiger partial charge < -0.3 is 9.88 Å². The van der Waals surface area contributed by atoms with Crippen LogP contribution in [-0.4, -0.2) is 42.0 Å². The highest BCUT2D eigenvalue weighted by molar-refractivity contribution is 6.06. The number of alkyl halides is 3. The minimum absolute atomic E-state index is 0.0384. The van der Waals surface area contributed by atoms with E-state index in [1.165, 1.54) is 6.07 Å². The normalized spacial score (nSPS) is 15.4. The van der Waals surface area contributed by atoms with Crippen molar-refractivity contribution in [3.63, 3.8) is 0 Å². The molecule has 0 atom stereocenters. The van der Waals surface area contributed by atoms with Crippen LogP contribution in [0.1, 0.15) is 15.9 Å². The summed E-state index contributed by atoms with van der Waals surface area (Å²) in [5.41, 5.74) is 0.846. The van der Waals surface area contributed by atoms with Crippen molar-refractivity contribution in [1.82, 2.24) is 9.88 Å². The summed E-state index contributed by atoms with van der Waals surface area (Å²) in [5.74, 6) is 0.575. The third-order valence-electron chi connectivity index (χ3n) is 4.85. The molecule has 1 fully saturated rings. The molecule has 0 spiro atoms. The molecular weight excluding hydrogens is 357 g/mol. The Morgan fingerprint density at radius 2 is 1.78 bits per heavy atom. The molecular formula is C19H18F3N4O+. The maximum Gasteiger partial charge on any atom is 0.419 e. The molecule has 3 heterocycles. The number of amides is 1. The van der Waals surface area contributed by atoms with Crippen LogP contribution in [0.2, 0.25) is 0 Å². The second kappa shape index (κ2) is 6.61. The smallest absolute Gasteiger partial charge is 0.360 e. The van der Waals surface area contributed by atoms with E-state index in [0.29, 0.717) is 37.6 Å². The zero-order chi connectivity index (χ0) is 19.0. The van der Waals surface area contributed by atoms with Crippen molar-refractivity contribution in [2.45, 2.75) is 6.18 Å². The van der Waals surface area contributed by atoms with E-state index < -0.39 is 11.7 Å². The summed E-state index contributed by atoms with van der Waals surface area (Å²) in [4.78, 5) is 22.4. The molecule has 27 heavy (non-hydrogen) atoms. The average molecular weight is 375 g/mol. The highest BCUT2D eigenvalue weighted by atomic mass is 19.4. The molecule has 2 aromatic heterocycles. The molecule has 140 valence electrons. The van der Waals surface area contributed by atoms with Crippen molar-refractivity contribution in [2.75, 3.05) is 31.1 Å². The van der Waals surface area contributed by atoms with Gasteiger partial charge in [-0.3, -0.25) is 9.69 Å². The molecule has 0 bridgehead atoms. The second-order valence-electron chi connectivity index (χ2n) is 6.49. The quantitative estimate of drug-likeness (QED) is 0.749. The largest absolute Gasteiger partial charge is 0.419 e. The van der Waals surface area contributed by atoms with Gasteiger partial charge in [0, 0.05) is 23.2 Å². The summed E-state index contributed by atoms with van der Waals surface area (Å²) >= 11 is 0. The number of hydrogen-bond acceptors (Lipinski definition) is 2. The van der Waals surface area contributed by atoms with Gasteiger partial charge in [0.25, 0.3) is 11.7 Å². The molecule has 1 aliphatic heterocycles. The lowest BCUT2D eigenvalue weighted by Crippen LogP contribution is -2.50. The maximum atomic E-state index is 12.8. The molecule has 5 nitrogen and oxygen atoms in total. The zero-order valence-corrected chi connectivity index (χ0v) is 14.4. The number of carbonyl (C=O) groups is 1. The molecule has 1 saturated heterocycles. The standard InChI is InChI=1S/C19H17F3N4O/c20-19(21,22)13-5-6-17(24-11-13)25-7-9-26(10-8-25)18(27)15-12-23-16-4-2-1-3-14(15)16/h1-6,11-12,23H,7-10H2/p+1. The number of para-hydroxylation sites is 1. The monoisotopic (exact) mass is 375 g/mol. The average Bonchev–Trinajstić information content (AvgIpc) is 3.11. The van der Waals surface area contributed by atoms with Gasteiger partial charge in [-0.1, -0.05) is 18.2 Å². The predicted octanol–water partition coefficient (Wildman–Crippen LogP) is 2.96. The molecule has 1 amide bonds. The first-order valence-corrected chi connectivity index (χ1v) is 8.63. The van der Waals surface area contributed by atoms with Gasteiger partial charge in [0.2, 0.25) is 0 Å². The number of rotatable bonds is 2. The number of nitrogens with zero attached hydrogens (tertiary/aromatic N) is 2. The highest BCUT2D eigenvalue weighted by Crippen LogP contribution is 2.28. The topological polar surface area (TPSA) is 53.5 Å². The summed E-state index contributed by atoms with van der Waals surface area (Å²) in [6.45, 7) is 2.12. The fourth-order valence-electron chi connectivity index (χ4n) is 3.36. The number of pyridine rings is 1. The van der Waals surface area contributed by atoms with E-state index in [1.54, 1.807) is 11.1 Å². The summed E-state index contributed by atoms with van der Waals surface area (Å²) in [7, 11) is 0. The Bertz CT molecular complexity index is 957. The Morgan fingerprint density at radius 1 is 1.04 bits per heavy atom. The van der Waals surface area contributed by atoms with Gasteiger partial charge in [0.15, 0.2) is 0 Å². The summed E-state index contributed by atoms with van der Waals surface area (Å²) in [5, 5.41) is 0.890. The molecule has 4 rings (SSSR count). The van der Waals surface area contributed by atoms with Crippen molar-refractivity contribution in [3.05, 3.63) is 59.9 Å². The number of halogens is 3. The SMILES string of the molecule is O=C(c1c[nH]c2ccccc12)N1CCN(c2ccc(C(F)(F)F)c[nH+]2)CC1. The van der Waals surface area contributed by atoms with E-state index in [9.17, 15) is 18.0 Å². The molecule has 0 saturated carbocycles. The Kier molecular flexibility index (Phi) is 4.25. The number of hydrogen-bond donors (Lipinski definition) is 1. The minimum Gasteiger partial charge on any atom is -0.360 e. The zero-order valence-electron chi connectivity index (χ0n) is 14.4. The molecule has 1 aromatic carbocycles. The van der Waals surface area contributed by atoms with Crippen LogP contribution in [0.15, 0.2) is 48.8 Å². The number of aromatic amines is 2. The van der Waals surface area contributed by atoms with Crippen LogP contribution in [0.5, 0.6) is 0 Å². The number of benzene rings is 1. The van der Waals surface area contributed by atoms with Gasteiger partial charge in [0.05, 0.1) is 24.2 Å². The van der Waals surface area contributed by atoms with Crippen LogP contribution in [0, 0.1) is 0 Å². The van der Waals surface area contributed by atoms with E-state index in [2.05, 4.69) is 9.97 Å². The molecule has 0 radical (unpaired) electrons. The summed E-state index contributed by atoms with van der Waals surface area (Å²) in [6, 6.07) is 10.1. The van der Waals surface area contributed by atoms with E-state index >= 15 is 0 Å². The number of anilines is 1. The van der Waals surface area contributed by atoms with Crippen LogP contribution in [0.4, 0.5) is 19.0 Å². The first-order valence-electron chi connectivity index (χ1n) is 8.63. The lowest BCUT2D eigenvalue weighted by Gasteiger charge is -2.31. The third-order valence-corrected chi connectivity index (χ3v) is 4.85. The van der Waals surface area contributed by atoms with E-state index in [-0.39, 0.29) is 5.91 Å². The van der Waals surface area contributed by atoms with Crippen molar-refractivity contribution in [2.24, 2.45) is 0 Å². The van der Waals surface area contributed by atoms with Crippen LogP contribution in [0.3, 0.4) is 0 Å². The van der Waals surface area contributed by atoms with E-state index in [1.807, 2.05) is 29.2 Å². The van der Waals surface area contributed by atoms with Crippen LogP contribution in [-0.2, 0) is 6.18 Å². The first-order chi connectivity index (χ1) is 12.9. The van der Waals surface area contributed by atoms with Gasteiger partial charge in [0.1, 0.15) is 19.3 Å². The van der Waals surface area contributed by atoms with Gasteiger partial charge in [-0.05, 0) is 12.1 Å². The third kappa shape index (κ3) is 3.34. The Morgan fingerprint density at radius 3 is 2.44 bits per heavy atom. The first kappa shape index (κ1) is 17.4. The Hall–Kier alpha value is -3.03. The van der Waals surface area contributed by atoms with E-state index in [4.69, 9.17) is 0 Å². The van der Waals surface area contributed by atoms with Gasteiger partial charge in [-0.2, -0.15) is 13.2 Å². The summed E-state index contributed by atoms with van der Waals surface area (Å²) in [6.07, 6.45) is -1.67. The second-order valence-corrected chi connectivity index (χ2v) is 6.49. The van der Waals surface area contributed by atoms with Crippen LogP contribution in [0.25, 0.3) is 10.9 Å². The molecule has 0 aliphatic carbocycles. The molecule has 0 unspecified atom stereocenters. The predicted molar refractivity (Wildman–Crippen MR) is 94.4 cm³/mol. The van der Waals surface area contributed by atoms with E-state index in [0.717, 1.165) is 23.2 Å². The van der Waals surface area contributed by atoms with Crippen LogP contribution < -0.4 is 9.88 Å². The molecule has 3 aromatic rings. The van der Waals surface area contributed by atoms with Gasteiger partial charge in [-0.25, -0.2) is 4.98 Å². The molecule has 2 N–H and O–H groups in total. The Balaban J connectivity index is 1.43. The number of fused-ring (bicyclic) bond motifs is 1. The number of carbonyl (C=O) groups excluding carboxylic acids is 1. The van der Waals surface area contributed by atoms with Gasteiger partial charge >= 0.3 is 6.18 Å². The van der Waals surface area contributed by atoms with Crippen molar-refractivity contribution in [3.8, 4) is 0 Å².